The van der Waals surface area contributed by atoms with Crippen molar-refractivity contribution in [2.45, 2.75) is 20.3 Å². The van der Waals surface area contributed by atoms with Crippen molar-refractivity contribution in [2.24, 2.45) is 0 Å². The molecular weight excluding hydrogens is 180 g/mol. The second-order valence-corrected chi connectivity index (χ2v) is 3.86. The Morgan fingerprint density at radius 2 is 1.80 bits per heavy atom. The van der Waals surface area contributed by atoms with Crippen LogP contribution in [0.5, 0.6) is 0 Å². The number of benzene rings is 1. The number of allylic oxidation sites excluding steroid dienone is 6. The smallest absolute Gasteiger partial charge is 0.0149 e. The van der Waals surface area contributed by atoms with Gasteiger partial charge in [0.1, 0.15) is 0 Å². The van der Waals surface area contributed by atoms with Gasteiger partial charge in [0.15, 0.2) is 0 Å². The van der Waals surface area contributed by atoms with E-state index in [1.54, 1.807) is 0 Å². The molecule has 0 N–H and O–H groups in total. The molecule has 0 spiro atoms. The first-order chi connectivity index (χ1) is 7.31. The van der Waals surface area contributed by atoms with Crippen LogP contribution in [0.3, 0.4) is 0 Å². The van der Waals surface area contributed by atoms with Gasteiger partial charge in [-0.25, -0.2) is 0 Å². The Hall–Kier alpha value is -1.56. The fourth-order valence-corrected chi connectivity index (χ4v) is 1.93. The molecule has 0 saturated heterocycles. The molecule has 0 heterocycles. The maximum Gasteiger partial charge on any atom is -0.0149 e. The van der Waals surface area contributed by atoms with Gasteiger partial charge in [0.2, 0.25) is 0 Å². The third kappa shape index (κ3) is 2.10. The summed E-state index contributed by atoms with van der Waals surface area (Å²) in [5, 5.41) is 0. The molecule has 1 aliphatic carbocycles. The van der Waals surface area contributed by atoms with Gasteiger partial charge in [0.25, 0.3) is 0 Å². The van der Waals surface area contributed by atoms with E-state index in [0.717, 1.165) is 6.42 Å². The Kier molecular flexibility index (Phi) is 2.86. The highest BCUT2D eigenvalue weighted by molar-refractivity contribution is 5.85. The zero-order valence-corrected chi connectivity index (χ0v) is 9.33. The Morgan fingerprint density at radius 1 is 1.07 bits per heavy atom. The monoisotopic (exact) mass is 196 g/mol. The minimum absolute atomic E-state index is 1.09. The fraction of sp³-hybridized carbons (Fsp3) is 0.200. The van der Waals surface area contributed by atoms with Gasteiger partial charge < -0.3 is 0 Å². The first-order valence-electron chi connectivity index (χ1n) is 5.47. The van der Waals surface area contributed by atoms with Crippen LogP contribution < -0.4 is 0 Å². The van der Waals surface area contributed by atoms with Crippen LogP contribution in [0, 0.1) is 0 Å². The lowest BCUT2D eigenvalue weighted by Crippen LogP contribution is -1.81. The Morgan fingerprint density at radius 3 is 2.47 bits per heavy atom. The maximum absolute atomic E-state index is 2.27. The number of hydrogen-bond acceptors (Lipinski definition) is 0. The Labute approximate surface area is 91.6 Å². The number of hydrogen-bond donors (Lipinski definition) is 0. The van der Waals surface area contributed by atoms with Crippen molar-refractivity contribution >= 4 is 5.57 Å². The molecule has 0 fully saturated rings. The van der Waals surface area contributed by atoms with Gasteiger partial charge in [-0.1, -0.05) is 49.4 Å². The van der Waals surface area contributed by atoms with E-state index in [9.17, 15) is 0 Å². The van der Waals surface area contributed by atoms with E-state index < -0.39 is 0 Å². The molecule has 0 bridgehead atoms. The zero-order chi connectivity index (χ0) is 10.7. The lowest BCUT2D eigenvalue weighted by atomic mass is 10.0. The second-order valence-electron chi connectivity index (χ2n) is 3.86. The minimum Gasteiger partial charge on any atom is -0.0775 e. The standard InChI is InChI=1S/C15H16/c1-3-7-13-10-12(2)15(11-13)14-8-5-4-6-9-14/h4-11H,3H2,1-2H3. The zero-order valence-electron chi connectivity index (χ0n) is 9.33. The third-order valence-corrected chi connectivity index (χ3v) is 2.64. The molecule has 15 heavy (non-hydrogen) atoms. The Balaban J connectivity index is 2.37. The van der Waals surface area contributed by atoms with Crippen molar-refractivity contribution in [3.8, 4) is 0 Å². The summed E-state index contributed by atoms with van der Waals surface area (Å²) in [6.45, 7) is 4.35. The first kappa shape index (κ1) is 9.97. The van der Waals surface area contributed by atoms with Crippen molar-refractivity contribution in [3.63, 3.8) is 0 Å². The van der Waals surface area contributed by atoms with E-state index >= 15 is 0 Å². The van der Waals surface area contributed by atoms with E-state index in [1.807, 2.05) is 0 Å². The molecule has 0 amide bonds. The minimum atomic E-state index is 1.09. The highest BCUT2D eigenvalue weighted by Crippen LogP contribution is 2.31. The van der Waals surface area contributed by atoms with Gasteiger partial charge >= 0.3 is 0 Å². The van der Waals surface area contributed by atoms with Crippen LogP contribution in [0.2, 0.25) is 0 Å². The highest BCUT2D eigenvalue weighted by atomic mass is 14.1. The highest BCUT2D eigenvalue weighted by Gasteiger charge is 2.09. The van der Waals surface area contributed by atoms with Gasteiger partial charge in [0, 0.05) is 0 Å². The molecule has 0 heteroatoms. The Bertz CT molecular complexity index is 430. The van der Waals surface area contributed by atoms with Gasteiger partial charge in [-0.3, -0.25) is 0 Å². The van der Waals surface area contributed by atoms with Crippen molar-refractivity contribution in [3.05, 3.63) is 65.3 Å². The van der Waals surface area contributed by atoms with Gasteiger partial charge in [-0.05, 0) is 41.7 Å². The van der Waals surface area contributed by atoms with Crippen LogP contribution >= 0.6 is 0 Å². The summed E-state index contributed by atoms with van der Waals surface area (Å²) >= 11 is 0. The summed E-state index contributed by atoms with van der Waals surface area (Å²) < 4.78 is 0. The van der Waals surface area contributed by atoms with Gasteiger partial charge in [-0.2, -0.15) is 0 Å². The predicted molar refractivity (Wildman–Crippen MR) is 66.6 cm³/mol. The summed E-state index contributed by atoms with van der Waals surface area (Å²) in [5.74, 6) is 0. The van der Waals surface area contributed by atoms with Crippen LogP contribution in [-0.2, 0) is 0 Å². The number of rotatable bonds is 2. The molecule has 1 aromatic carbocycles. The average molecular weight is 196 g/mol. The SMILES string of the molecule is CCC=C1C=C(C)C(c2ccccc2)=C1. The van der Waals surface area contributed by atoms with E-state index in [0.29, 0.717) is 0 Å². The summed E-state index contributed by atoms with van der Waals surface area (Å²) in [6.07, 6.45) is 7.89. The molecule has 0 radical (unpaired) electrons. The van der Waals surface area contributed by atoms with Gasteiger partial charge in [0.05, 0.1) is 0 Å². The summed E-state index contributed by atoms with van der Waals surface area (Å²) in [7, 11) is 0. The molecule has 1 aromatic rings. The van der Waals surface area contributed by atoms with Crippen LogP contribution in [0.15, 0.2) is 59.7 Å². The van der Waals surface area contributed by atoms with Crippen molar-refractivity contribution in [1.82, 2.24) is 0 Å². The molecule has 0 atom stereocenters. The van der Waals surface area contributed by atoms with E-state index in [2.05, 4.69) is 62.4 Å². The van der Waals surface area contributed by atoms with Crippen LogP contribution in [0.4, 0.5) is 0 Å². The summed E-state index contributed by atoms with van der Waals surface area (Å²) in [4.78, 5) is 0. The lowest BCUT2D eigenvalue weighted by Gasteiger charge is -2.02. The molecule has 0 nitrogen and oxygen atoms in total. The van der Waals surface area contributed by atoms with Gasteiger partial charge in [-0.15, -0.1) is 0 Å². The van der Waals surface area contributed by atoms with Crippen molar-refractivity contribution in [2.75, 3.05) is 0 Å². The first-order valence-corrected chi connectivity index (χ1v) is 5.47. The molecule has 0 unspecified atom stereocenters. The molecular formula is C15H16. The van der Waals surface area contributed by atoms with E-state index in [1.165, 1.54) is 22.3 Å². The summed E-state index contributed by atoms with van der Waals surface area (Å²) in [6, 6.07) is 10.6. The summed E-state index contributed by atoms with van der Waals surface area (Å²) in [5.41, 5.74) is 5.37. The van der Waals surface area contributed by atoms with E-state index in [4.69, 9.17) is 0 Å². The topological polar surface area (TPSA) is 0 Å². The molecule has 76 valence electrons. The predicted octanol–water partition coefficient (Wildman–Crippen LogP) is 4.37. The maximum atomic E-state index is 2.27. The fourth-order valence-electron chi connectivity index (χ4n) is 1.93. The quantitative estimate of drug-likeness (QED) is 0.659. The molecule has 0 aliphatic heterocycles. The van der Waals surface area contributed by atoms with E-state index in [-0.39, 0.29) is 0 Å². The van der Waals surface area contributed by atoms with Crippen LogP contribution in [0.1, 0.15) is 25.8 Å². The third-order valence-electron chi connectivity index (χ3n) is 2.64. The van der Waals surface area contributed by atoms with Crippen LogP contribution in [0.25, 0.3) is 5.57 Å². The van der Waals surface area contributed by atoms with Crippen LogP contribution in [-0.4, -0.2) is 0 Å². The van der Waals surface area contributed by atoms with Crippen molar-refractivity contribution in [1.29, 1.82) is 0 Å². The van der Waals surface area contributed by atoms with Crippen molar-refractivity contribution < 1.29 is 0 Å². The lowest BCUT2D eigenvalue weighted by molar-refractivity contribution is 1.21. The normalized spacial score (nSPS) is 17.9. The molecule has 2 rings (SSSR count). The average Bonchev–Trinajstić information content (AvgIpc) is 2.61. The molecule has 0 aromatic heterocycles. The molecule has 1 aliphatic rings. The largest absolute Gasteiger partial charge is 0.0775 e. The molecule has 0 saturated carbocycles. The second kappa shape index (κ2) is 4.31.